The molecular formula is C18H18O3. The summed E-state index contributed by atoms with van der Waals surface area (Å²) in [6.45, 7) is 3.33. The summed E-state index contributed by atoms with van der Waals surface area (Å²) in [6, 6.07) is 15.2. The lowest BCUT2D eigenvalue weighted by molar-refractivity contribution is 0.0992. The van der Waals surface area contributed by atoms with Crippen molar-refractivity contribution in [1.82, 2.24) is 0 Å². The predicted molar refractivity (Wildman–Crippen MR) is 81.1 cm³/mol. The van der Waals surface area contributed by atoms with Crippen molar-refractivity contribution in [2.24, 2.45) is 5.92 Å². The van der Waals surface area contributed by atoms with Gasteiger partial charge in [0.25, 0.3) is 0 Å². The van der Waals surface area contributed by atoms with Gasteiger partial charge in [0, 0.05) is 17.9 Å². The maximum Gasteiger partial charge on any atom is 0.167 e. The second-order valence-corrected chi connectivity index (χ2v) is 5.47. The molecule has 0 N–H and O–H groups in total. The number of Topliss-reactive ketones (excluding diaryl/α,β-unsaturated/α-hetero) is 1. The average molecular weight is 282 g/mol. The monoisotopic (exact) mass is 282 g/mol. The van der Waals surface area contributed by atoms with E-state index < -0.39 is 0 Å². The smallest absolute Gasteiger partial charge is 0.167 e. The molecule has 3 rings (SSSR count). The fraction of sp³-hybridized carbons (Fsp3) is 0.278. The van der Waals surface area contributed by atoms with Crippen LogP contribution in [0.2, 0.25) is 0 Å². The van der Waals surface area contributed by atoms with Gasteiger partial charge in [-0.1, -0.05) is 37.3 Å². The maximum absolute atomic E-state index is 12.4. The largest absolute Gasteiger partial charge is 0.489 e. The Morgan fingerprint density at radius 3 is 2.52 bits per heavy atom. The van der Waals surface area contributed by atoms with Gasteiger partial charge >= 0.3 is 0 Å². The van der Waals surface area contributed by atoms with Crippen molar-refractivity contribution in [3.05, 3.63) is 59.7 Å². The van der Waals surface area contributed by atoms with Crippen LogP contribution in [0.3, 0.4) is 0 Å². The Morgan fingerprint density at radius 2 is 1.76 bits per heavy atom. The van der Waals surface area contributed by atoms with Crippen LogP contribution in [0.15, 0.2) is 48.5 Å². The number of rotatable bonds is 3. The van der Waals surface area contributed by atoms with Crippen molar-refractivity contribution < 1.29 is 14.3 Å². The fourth-order valence-electron chi connectivity index (χ4n) is 2.31. The summed E-state index contributed by atoms with van der Waals surface area (Å²) in [5.74, 6) is 1.82. The molecule has 0 saturated heterocycles. The van der Waals surface area contributed by atoms with Crippen LogP contribution in [0.1, 0.15) is 22.8 Å². The standard InChI is InChI=1S/C18H18O3/c1-13-11-20-17-8-7-15(10-18(17)21-12-13)16(19)9-14-5-3-2-4-6-14/h2-8,10,13H,9,11-12H2,1H3. The zero-order valence-corrected chi connectivity index (χ0v) is 12.0. The third-order valence-corrected chi connectivity index (χ3v) is 3.52. The molecular weight excluding hydrogens is 264 g/mol. The van der Waals surface area contributed by atoms with Gasteiger partial charge in [-0.05, 0) is 23.8 Å². The third kappa shape index (κ3) is 3.24. The first kappa shape index (κ1) is 13.7. The Balaban J connectivity index is 1.79. The van der Waals surface area contributed by atoms with Crippen molar-refractivity contribution in [3.63, 3.8) is 0 Å². The van der Waals surface area contributed by atoms with Crippen molar-refractivity contribution >= 4 is 5.78 Å². The summed E-state index contributed by atoms with van der Waals surface area (Å²) in [6.07, 6.45) is 0.400. The molecule has 3 nitrogen and oxygen atoms in total. The van der Waals surface area contributed by atoms with Crippen LogP contribution in [0.5, 0.6) is 11.5 Å². The number of hydrogen-bond donors (Lipinski definition) is 0. The molecule has 0 radical (unpaired) electrons. The lowest BCUT2D eigenvalue weighted by atomic mass is 10.0. The Morgan fingerprint density at radius 1 is 1.05 bits per heavy atom. The number of fused-ring (bicyclic) bond motifs is 1. The molecule has 3 heteroatoms. The molecule has 0 aromatic heterocycles. The summed E-state index contributed by atoms with van der Waals surface area (Å²) in [4.78, 5) is 12.4. The molecule has 1 heterocycles. The van der Waals surface area contributed by atoms with E-state index in [0.29, 0.717) is 36.9 Å². The molecule has 2 aromatic carbocycles. The van der Waals surface area contributed by atoms with Crippen LogP contribution in [-0.4, -0.2) is 19.0 Å². The zero-order chi connectivity index (χ0) is 14.7. The lowest BCUT2D eigenvalue weighted by Crippen LogP contribution is -2.12. The van der Waals surface area contributed by atoms with Gasteiger partial charge in [-0.2, -0.15) is 0 Å². The minimum absolute atomic E-state index is 0.0879. The number of hydrogen-bond acceptors (Lipinski definition) is 3. The van der Waals surface area contributed by atoms with E-state index in [2.05, 4.69) is 6.92 Å². The molecule has 0 spiro atoms. The first-order valence-electron chi connectivity index (χ1n) is 7.19. The summed E-state index contributed by atoms with van der Waals surface area (Å²) < 4.78 is 11.4. The fourth-order valence-corrected chi connectivity index (χ4v) is 2.31. The van der Waals surface area contributed by atoms with Crippen molar-refractivity contribution in [2.45, 2.75) is 13.3 Å². The van der Waals surface area contributed by atoms with Gasteiger partial charge in [0.15, 0.2) is 17.3 Å². The van der Waals surface area contributed by atoms with Crippen LogP contribution < -0.4 is 9.47 Å². The topological polar surface area (TPSA) is 35.5 Å². The number of carbonyl (C=O) groups is 1. The molecule has 0 fully saturated rings. The molecule has 1 aliphatic rings. The van der Waals surface area contributed by atoms with Crippen LogP contribution in [0, 0.1) is 5.92 Å². The summed E-state index contributed by atoms with van der Waals surface area (Å²) >= 11 is 0. The van der Waals surface area contributed by atoms with E-state index in [4.69, 9.17) is 9.47 Å². The highest BCUT2D eigenvalue weighted by molar-refractivity contribution is 5.98. The molecule has 1 atom stereocenters. The van der Waals surface area contributed by atoms with Crippen molar-refractivity contribution in [2.75, 3.05) is 13.2 Å². The first-order chi connectivity index (χ1) is 10.2. The number of ketones is 1. The Kier molecular flexibility index (Phi) is 3.91. The lowest BCUT2D eigenvalue weighted by Gasteiger charge is -2.09. The van der Waals surface area contributed by atoms with E-state index >= 15 is 0 Å². The minimum atomic E-state index is 0.0879. The Bertz CT molecular complexity index is 634. The maximum atomic E-state index is 12.4. The molecule has 0 aliphatic carbocycles. The molecule has 108 valence electrons. The summed E-state index contributed by atoms with van der Waals surface area (Å²) in [5.41, 5.74) is 1.68. The molecule has 0 saturated carbocycles. The predicted octanol–water partition coefficient (Wildman–Crippen LogP) is 3.52. The van der Waals surface area contributed by atoms with Gasteiger partial charge in [0.1, 0.15) is 0 Å². The molecule has 21 heavy (non-hydrogen) atoms. The van der Waals surface area contributed by atoms with E-state index in [1.54, 1.807) is 6.07 Å². The van der Waals surface area contributed by atoms with E-state index in [0.717, 1.165) is 11.3 Å². The van der Waals surface area contributed by atoms with Crippen molar-refractivity contribution in [3.8, 4) is 11.5 Å². The first-order valence-corrected chi connectivity index (χ1v) is 7.19. The summed E-state index contributed by atoms with van der Waals surface area (Å²) in [5, 5.41) is 0. The van der Waals surface area contributed by atoms with Crippen LogP contribution in [0.4, 0.5) is 0 Å². The second kappa shape index (κ2) is 6.00. The highest BCUT2D eigenvalue weighted by Gasteiger charge is 2.17. The Hall–Kier alpha value is -2.29. The molecule has 1 aliphatic heterocycles. The highest BCUT2D eigenvalue weighted by Crippen LogP contribution is 2.31. The molecule has 2 aromatic rings. The van der Waals surface area contributed by atoms with E-state index in [9.17, 15) is 4.79 Å². The third-order valence-electron chi connectivity index (χ3n) is 3.52. The quantitative estimate of drug-likeness (QED) is 0.808. The average Bonchev–Trinajstić information content (AvgIpc) is 2.70. The van der Waals surface area contributed by atoms with Gasteiger partial charge in [0.05, 0.1) is 13.2 Å². The number of ether oxygens (including phenoxy) is 2. The molecule has 0 amide bonds. The highest BCUT2D eigenvalue weighted by atomic mass is 16.5. The van der Waals surface area contributed by atoms with Crippen LogP contribution in [0.25, 0.3) is 0 Å². The SMILES string of the molecule is CC1COc2ccc(C(=O)Cc3ccccc3)cc2OC1. The van der Waals surface area contributed by atoms with Gasteiger partial charge in [0.2, 0.25) is 0 Å². The van der Waals surface area contributed by atoms with E-state index in [-0.39, 0.29) is 5.78 Å². The van der Waals surface area contributed by atoms with Crippen LogP contribution >= 0.6 is 0 Å². The molecule has 1 unspecified atom stereocenters. The second-order valence-electron chi connectivity index (χ2n) is 5.47. The van der Waals surface area contributed by atoms with Crippen molar-refractivity contribution in [1.29, 1.82) is 0 Å². The van der Waals surface area contributed by atoms with Gasteiger partial charge in [-0.25, -0.2) is 0 Å². The zero-order valence-electron chi connectivity index (χ0n) is 12.0. The Labute approximate surface area is 124 Å². The van der Waals surface area contributed by atoms with E-state index in [1.165, 1.54) is 0 Å². The summed E-state index contributed by atoms with van der Waals surface area (Å²) in [7, 11) is 0. The number of benzene rings is 2. The van der Waals surface area contributed by atoms with Gasteiger partial charge < -0.3 is 9.47 Å². The number of carbonyl (C=O) groups excluding carboxylic acids is 1. The van der Waals surface area contributed by atoms with Gasteiger partial charge in [-0.15, -0.1) is 0 Å². The van der Waals surface area contributed by atoms with E-state index in [1.807, 2.05) is 42.5 Å². The normalized spacial score (nSPS) is 17.1. The minimum Gasteiger partial charge on any atom is -0.489 e. The molecule has 0 bridgehead atoms. The van der Waals surface area contributed by atoms with Gasteiger partial charge in [-0.3, -0.25) is 4.79 Å². The van der Waals surface area contributed by atoms with Crippen LogP contribution in [-0.2, 0) is 6.42 Å².